The van der Waals surface area contributed by atoms with Crippen LogP contribution in [0.4, 0.5) is 18.9 Å². The number of carbonyl (C=O) groups is 2. The molecule has 1 amide bonds. The van der Waals surface area contributed by atoms with Gasteiger partial charge in [-0.15, -0.1) is 0 Å². The largest absolute Gasteiger partial charge is 0.497 e. The van der Waals surface area contributed by atoms with Crippen molar-refractivity contribution in [2.75, 3.05) is 12.4 Å². The zero-order valence-electron chi connectivity index (χ0n) is 8.67. The van der Waals surface area contributed by atoms with E-state index in [4.69, 9.17) is 4.74 Å². The molecule has 0 saturated carbocycles. The number of ether oxygens (including phenoxy) is 1. The Morgan fingerprint density at radius 2 is 2.06 bits per heavy atom. The molecule has 0 aliphatic carbocycles. The summed E-state index contributed by atoms with van der Waals surface area (Å²) in [5, 5.41) is 1.60. The molecule has 17 heavy (non-hydrogen) atoms. The van der Waals surface area contributed by atoms with Gasteiger partial charge in [0.05, 0.1) is 12.8 Å². The lowest BCUT2D eigenvalue weighted by Gasteiger charge is -2.10. The SMILES string of the molecule is COc1ccc(NC(=O)C(F)(F)F)c(C=O)c1. The van der Waals surface area contributed by atoms with Gasteiger partial charge in [-0.2, -0.15) is 13.2 Å². The van der Waals surface area contributed by atoms with E-state index in [1.54, 1.807) is 5.32 Å². The van der Waals surface area contributed by atoms with Crippen molar-refractivity contribution in [1.82, 2.24) is 0 Å². The number of benzene rings is 1. The van der Waals surface area contributed by atoms with Crippen molar-refractivity contribution in [2.45, 2.75) is 6.18 Å². The average Bonchev–Trinajstić information content (AvgIpc) is 2.28. The second-order valence-corrected chi connectivity index (χ2v) is 3.02. The molecule has 0 bridgehead atoms. The third kappa shape index (κ3) is 3.20. The van der Waals surface area contributed by atoms with E-state index < -0.39 is 12.1 Å². The van der Waals surface area contributed by atoms with Crippen LogP contribution in [0.3, 0.4) is 0 Å². The zero-order valence-corrected chi connectivity index (χ0v) is 8.67. The lowest BCUT2D eigenvalue weighted by atomic mass is 10.2. The van der Waals surface area contributed by atoms with E-state index in [0.717, 1.165) is 6.07 Å². The topological polar surface area (TPSA) is 55.4 Å². The molecule has 1 rings (SSSR count). The second kappa shape index (κ2) is 4.86. The minimum atomic E-state index is -5.00. The van der Waals surface area contributed by atoms with E-state index in [1.807, 2.05) is 0 Å². The Morgan fingerprint density at radius 3 is 2.53 bits per heavy atom. The van der Waals surface area contributed by atoms with Gasteiger partial charge in [0.1, 0.15) is 5.75 Å². The normalized spacial score (nSPS) is 10.8. The maximum Gasteiger partial charge on any atom is 0.471 e. The number of aldehydes is 1. The molecule has 0 heterocycles. The standard InChI is InChI=1S/C10H8F3NO3/c1-17-7-2-3-8(6(4-7)5-15)14-9(16)10(11,12)13/h2-5H,1H3,(H,14,16). The molecular weight excluding hydrogens is 239 g/mol. The summed E-state index contributed by atoms with van der Waals surface area (Å²) in [5.74, 6) is -1.83. The van der Waals surface area contributed by atoms with Gasteiger partial charge in [-0.1, -0.05) is 0 Å². The maximum atomic E-state index is 12.0. The van der Waals surface area contributed by atoms with Crippen molar-refractivity contribution in [3.05, 3.63) is 23.8 Å². The van der Waals surface area contributed by atoms with Crippen LogP contribution in [0.15, 0.2) is 18.2 Å². The van der Waals surface area contributed by atoms with Crippen LogP contribution in [0.2, 0.25) is 0 Å². The van der Waals surface area contributed by atoms with Gasteiger partial charge in [0.15, 0.2) is 6.29 Å². The number of halogens is 3. The molecule has 0 spiro atoms. The Kier molecular flexibility index (Phi) is 3.72. The highest BCUT2D eigenvalue weighted by Gasteiger charge is 2.38. The zero-order chi connectivity index (χ0) is 13.1. The average molecular weight is 247 g/mol. The first-order valence-electron chi connectivity index (χ1n) is 4.40. The number of nitrogens with one attached hydrogen (secondary N) is 1. The summed E-state index contributed by atoms with van der Waals surface area (Å²) in [4.78, 5) is 21.3. The van der Waals surface area contributed by atoms with E-state index in [2.05, 4.69) is 0 Å². The van der Waals surface area contributed by atoms with E-state index in [0.29, 0.717) is 12.0 Å². The Balaban J connectivity index is 2.99. The Bertz CT molecular complexity index is 443. The van der Waals surface area contributed by atoms with Crippen molar-refractivity contribution < 1.29 is 27.5 Å². The van der Waals surface area contributed by atoms with Crippen molar-refractivity contribution in [3.8, 4) is 5.75 Å². The molecule has 0 fully saturated rings. The molecule has 0 aliphatic heterocycles. The summed E-state index contributed by atoms with van der Waals surface area (Å²) in [6.45, 7) is 0. The first-order chi connectivity index (χ1) is 7.88. The lowest BCUT2D eigenvalue weighted by molar-refractivity contribution is -0.167. The molecule has 0 saturated heterocycles. The van der Waals surface area contributed by atoms with Gasteiger partial charge in [-0.05, 0) is 18.2 Å². The molecule has 0 unspecified atom stereocenters. The fraction of sp³-hybridized carbons (Fsp3) is 0.200. The number of alkyl halides is 3. The van der Waals surface area contributed by atoms with Crippen molar-refractivity contribution in [1.29, 1.82) is 0 Å². The van der Waals surface area contributed by atoms with Crippen LogP contribution in [0.25, 0.3) is 0 Å². The fourth-order valence-electron chi connectivity index (χ4n) is 1.07. The summed E-state index contributed by atoms with van der Waals surface area (Å²) in [6, 6.07) is 3.71. The van der Waals surface area contributed by atoms with E-state index >= 15 is 0 Å². The monoisotopic (exact) mass is 247 g/mol. The number of rotatable bonds is 3. The van der Waals surface area contributed by atoms with Gasteiger partial charge in [-0.3, -0.25) is 9.59 Å². The molecule has 0 aliphatic rings. The predicted octanol–water partition coefficient (Wildman–Crippen LogP) is 2.01. The summed E-state index contributed by atoms with van der Waals surface area (Å²) in [5.41, 5.74) is -0.315. The number of carbonyl (C=O) groups excluding carboxylic acids is 2. The van der Waals surface area contributed by atoms with Gasteiger partial charge >= 0.3 is 12.1 Å². The second-order valence-electron chi connectivity index (χ2n) is 3.02. The molecule has 0 atom stereocenters. The highest BCUT2D eigenvalue weighted by Crippen LogP contribution is 2.23. The predicted molar refractivity (Wildman–Crippen MR) is 53.1 cm³/mol. The van der Waals surface area contributed by atoms with Crippen LogP contribution in [-0.2, 0) is 4.79 Å². The smallest absolute Gasteiger partial charge is 0.471 e. The lowest BCUT2D eigenvalue weighted by Crippen LogP contribution is -2.30. The molecule has 7 heteroatoms. The van der Waals surface area contributed by atoms with E-state index in [1.165, 1.54) is 19.2 Å². The van der Waals surface area contributed by atoms with Gasteiger partial charge in [0, 0.05) is 5.56 Å². The van der Waals surface area contributed by atoms with Gasteiger partial charge < -0.3 is 10.1 Å². The molecule has 4 nitrogen and oxygen atoms in total. The fourth-order valence-corrected chi connectivity index (χ4v) is 1.07. The molecule has 1 aromatic carbocycles. The summed E-state index contributed by atoms with van der Waals surface area (Å²) < 4.78 is 40.8. The number of hydrogen-bond donors (Lipinski definition) is 1. The third-order valence-electron chi connectivity index (χ3n) is 1.89. The van der Waals surface area contributed by atoms with Crippen LogP contribution in [0.5, 0.6) is 5.75 Å². The van der Waals surface area contributed by atoms with Crippen molar-refractivity contribution in [2.24, 2.45) is 0 Å². The first kappa shape index (κ1) is 13.0. The van der Waals surface area contributed by atoms with Crippen LogP contribution in [0, 0.1) is 0 Å². The Hall–Kier alpha value is -2.05. The quantitative estimate of drug-likeness (QED) is 0.831. The first-order valence-corrected chi connectivity index (χ1v) is 4.40. The number of anilines is 1. The molecular formula is C10H8F3NO3. The molecule has 92 valence electrons. The van der Waals surface area contributed by atoms with Crippen LogP contribution >= 0.6 is 0 Å². The molecule has 1 N–H and O–H groups in total. The highest BCUT2D eigenvalue weighted by atomic mass is 19.4. The number of hydrogen-bond acceptors (Lipinski definition) is 3. The van der Waals surface area contributed by atoms with Gasteiger partial charge in [0.2, 0.25) is 0 Å². The summed E-state index contributed by atoms with van der Waals surface area (Å²) >= 11 is 0. The molecule has 1 aromatic rings. The van der Waals surface area contributed by atoms with Gasteiger partial charge in [-0.25, -0.2) is 0 Å². The van der Waals surface area contributed by atoms with E-state index in [9.17, 15) is 22.8 Å². The number of amides is 1. The van der Waals surface area contributed by atoms with Crippen LogP contribution in [0.1, 0.15) is 10.4 Å². The highest BCUT2D eigenvalue weighted by molar-refractivity contribution is 5.99. The molecule has 0 aromatic heterocycles. The summed E-state index contributed by atoms with van der Waals surface area (Å²) in [7, 11) is 1.35. The van der Waals surface area contributed by atoms with Crippen LogP contribution in [-0.4, -0.2) is 25.5 Å². The van der Waals surface area contributed by atoms with E-state index in [-0.39, 0.29) is 11.3 Å². The van der Waals surface area contributed by atoms with Crippen molar-refractivity contribution in [3.63, 3.8) is 0 Å². The minimum absolute atomic E-state index is 0.0954. The molecule has 0 radical (unpaired) electrons. The van der Waals surface area contributed by atoms with Crippen LogP contribution < -0.4 is 10.1 Å². The third-order valence-corrected chi connectivity index (χ3v) is 1.89. The number of methoxy groups -OCH3 is 1. The Labute approximate surface area is 94.4 Å². The summed E-state index contributed by atoms with van der Waals surface area (Å²) in [6.07, 6.45) is -4.67. The Morgan fingerprint density at radius 1 is 1.41 bits per heavy atom. The van der Waals surface area contributed by atoms with Crippen molar-refractivity contribution >= 4 is 17.9 Å². The van der Waals surface area contributed by atoms with Gasteiger partial charge in [0.25, 0.3) is 0 Å². The maximum absolute atomic E-state index is 12.0. The minimum Gasteiger partial charge on any atom is -0.497 e.